The second kappa shape index (κ2) is 29.0. The van der Waals surface area contributed by atoms with Crippen LogP contribution in [0, 0.1) is 40.9 Å². The van der Waals surface area contributed by atoms with Gasteiger partial charge in [-0.2, -0.15) is 0 Å². The molecule has 17 heteroatoms. The molecule has 3 fully saturated rings. The van der Waals surface area contributed by atoms with Crippen molar-refractivity contribution >= 4 is 35.2 Å². The SMILES string of the molecule is CC[C@@H]1CC[C@H]2C[C@H](OC)C(C)=CC=C/C=C\[C@@H](C)C[C@@H](C)C(=O)[C@H](OC)[C@H](O)/C(C)=C\[C@@H](C)C(=O)C[C@@H]([C@H](C)C[C@@H]3CC[C@@H](OC(=O)C(C)(CO)CO)[C@H](OC)C3)OC(=O)[C@@H]3CCCCN3C(=O)C(=O)[C@]1(O)O2. The maximum atomic E-state index is 14.6. The molecule has 0 radical (unpaired) electrons. The second-order valence-corrected chi connectivity index (χ2v) is 22.0. The fraction of sp³-hybridized carbons (Fsp3) is 0.754. The fourth-order valence-corrected chi connectivity index (χ4v) is 11.1. The van der Waals surface area contributed by atoms with Gasteiger partial charge in [-0.1, -0.05) is 71.1 Å². The zero-order chi connectivity index (χ0) is 55.1. The number of allylic oxidation sites excluding steroid dienone is 6. The summed E-state index contributed by atoms with van der Waals surface area (Å²) in [4.78, 5) is 85.8. The summed E-state index contributed by atoms with van der Waals surface area (Å²) in [5.74, 6) is -9.27. The first-order chi connectivity index (χ1) is 35.0. The van der Waals surface area contributed by atoms with Gasteiger partial charge >= 0.3 is 11.9 Å². The minimum Gasteiger partial charge on any atom is -0.460 e. The summed E-state index contributed by atoms with van der Waals surface area (Å²) in [7, 11) is 4.44. The van der Waals surface area contributed by atoms with E-state index in [0.29, 0.717) is 76.2 Å². The molecule has 0 aromatic heterocycles. The number of piperidine rings is 1. The summed E-state index contributed by atoms with van der Waals surface area (Å²) in [6, 6.07) is -1.20. The summed E-state index contributed by atoms with van der Waals surface area (Å²) in [5.41, 5.74) is -0.273. The van der Waals surface area contributed by atoms with Crippen LogP contribution in [0.15, 0.2) is 47.6 Å². The first-order valence-electron chi connectivity index (χ1n) is 26.9. The molecule has 74 heavy (non-hydrogen) atoms. The Morgan fingerprint density at radius 3 is 2.22 bits per heavy atom. The Balaban J connectivity index is 1.71. The summed E-state index contributed by atoms with van der Waals surface area (Å²) >= 11 is 0. The molecule has 17 nitrogen and oxygen atoms in total. The number of fused-ring (bicyclic) bond motifs is 3. The van der Waals surface area contributed by atoms with E-state index in [0.717, 1.165) is 5.57 Å². The van der Waals surface area contributed by atoms with Crippen LogP contribution in [0.25, 0.3) is 0 Å². The van der Waals surface area contributed by atoms with Crippen molar-refractivity contribution < 1.29 is 77.6 Å². The smallest absolute Gasteiger partial charge is 0.329 e. The van der Waals surface area contributed by atoms with Gasteiger partial charge in [0.1, 0.15) is 41.7 Å². The van der Waals surface area contributed by atoms with Gasteiger partial charge in [-0.15, -0.1) is 0 Å². The number of nitrogens with zero attached hydrogens (tertiary/aromatic N) is 1. The number of hydrogen-bond donors (Lipinski definition) is 4. The Kier molecular flexibility index (Phi) is 24.5. The summed E-state index contributed by atoms with van der Waals surface area (Å²) in [6.07, 6.45) is 10.2. The molecule has 4 rings (SSSR count). The normalized spacial score (nSPS) is 36.0. The first kappa shape index (κ1) is 62.6. The fourth-order valence-electron chi connectivity index (χ4n) is 11.1. The highest BCUT2D eigenvalue weighted by atomic mass is 16.6. The van der Waals surface area contributed by atoms with Crippen molar-refractivity contribution in [1.29, 1.82) is 0 Å². The number of hydrogen-bond acceptors (Lipinski definition) is 16. The number of rotatable bonds is 11. The van der Waals surface area contributed by atoms with E-state index in [2.05, 4.69) is 0 Å². The predicted molar refractivity (Wildman–Crippen MR) is 276 cm³/mol. The Morgan fingerprint density at radius 2 is 1.58 bits per heavy atom. The lowest BCUT2D eigenvalue weighted by Crippen LogP contribution is -2.61. The van der Waals surface area contributed by atoms with Gasteiger partial charge in [0.2, 0.25) is 5.79 Å². The van der Waals surface area contributed by atoms with Gasteiger partial charge < -0.3 is 53.7 Å². The Morgan fingerprint density at radius 1 is 0.878 bits per heavy atom. The first-order valence-corrected chi connectivity index (χ1v) is 26.9. The van der Waals surface area contributed by atoms with E-state index < -0.39 is 120 Å². The highest BCUT2D eigenvalue weighted by Crippen LogP contribution is 2.40. The molecule has 3 heterocycles. The molecule has 0 unspecified atom stereocenters. The summed E-state index contributed by atoms with van der Waals surface area (Å²) < 4.78 is 35.6. The molecule has 4 aliphatic rings. The molecule has 4 N–H and O–H groups in total. The van der Waals surface area contributed by atoms with Gasteiger partial charge in [-0.05, 0) is 120 Å². The number of carbonyl (C=O) groups excluding carboxylic acids is 6. The molecular weight excluding hydrogens is 955 g/mol. The number of esters is 2. The Labute approximate surface area is 439 Å². The van der Waals surface area contributed by atoms with E-state index in [4.69, 9.17) is 28.4 Å². The Hall–Kier alpha value is -3.94. The largest absolute Gasteiger partial charge is 0.460 e. The van der Waals surface area contributed by atoms with Gasteiger partial charge in [0.05, 0.1) is 31.5 Å². The zero-order valence-corrected chi connectivity index (χ0v) is 46.0. The topological polar surface area (TPSA) is 242 Å². The molecule has 0 aromatic rings. The van der Waals surface area contributed by atoms with Gasteiger partial charge in [-0.3, -0.25) is 24.0 Å². The van der Waals surface area contributed by atoms with Crippen molar-refractivity contribution in [1.82, 2.24) is 4.90 Å². The van der Waals surface area contributed by atoms with Crippen LogP contribution in [0.2, 0.25) is 0 Å². The highest BCUT2D eigenvalue weighted by Gasteiger charge is 2.54. The molecule has 418 valence electrons. The lowest BCUT2D eigenvalue weighted by Gasteiger charge is -2.43. The lowest BCUT2D eigenvalue weighted by atomic mass is 9.78. The van der Waals surface area contributed by atoms with Crippen LogP contribution in [-0.4, -0.2) is 156 Å². The molecule has 1 saturated carbocycles. The van der Waals surface area contributed by atoms with E-state index in [-0.39, 0.29) is 42.8 Å². The molecule has 15 atom stereocenters. The van der Waals surface area contributed by atoms with Crippen LogP contribution in [0.5, 0.6) is 0 Å². The average molecular weight is 1040 g/mol. The van der Waals surface area contributed by atoms with Crippen molar-refractivity contribution in [3.05, 3.63) is 47.6 Å². The van der Waals surface area contributed by atoms with E-state index in [1.807, 2.05) is 58.1 Å². The molecule has 0 spiro atoms. The maximum Gasteiger partial charge on any atom is 0.329 e. The van der Waals surface area contributed by atoms with Gasteiger partial charge in [0.15, 0.2) is 5.78 Å². The predicted octanol–water partition coefficient (Wildman–Crippen LogP) is 6.11. The third-order valence-electron chi connectivity index (χ3n) is 16.2. The quantitative estimate of drug-likeness (QED) is 0.104. The highest BCUT2D eigenvalue weighted by molar-refractivity contribution is 6.39. The van der Waals surface area contributed by atoms with Gasteiger partial charge in [-0.25, -0.2) is 4.79 Å². The molecule has 2 saturated heterocycles. The summed E-state index contributed by atoms with van der Waals surface area (Å²) in [6.45, 7) is 12.9. The number of carbonyl (C=O) groups is 6. The lowest BCUT2D eigenvalue weighted by molar-refractivity contribution is -0.269. The molecule has 1 amide bonds. The van der Waals surface area contributed by atoms with Crippen molar-refractivity contribution in [3.8, 4) is 0 Å². The molecule has 0 aromatic carbocycles. The maximum absolute atomic E-state index is 14.6. The van der Waals surface area contributed by atoms with Gasteiger partial charge in [0.25, 0.3) is 11.7 Å². The van der Waals surface area contributed by atoms with E-state index >= 15 is 0 Å². The second-order valence-electron chi connectivity index (χ2n) is 22.0. The number of ketones is 3. The van der Waals surface area contributed by atoms with Crippen molar-refractivity contribution in [2.24, 2.45) is 40.9 Å². The van der Waals surface area contributed by atoms with Crippen LogP contribution in [-0.2, 0) is 57.2 Å². The van der Waals surface area contributed by atoms with Crippen LogP contribution in [0.3, 0.4) is 0 Å². The third kappa shape index (κ3) is 16.1. The minimum absolute atomic E-state index is 0.00738. The van der Waals surface area contributed by atoms with E-state index in [9.17, 15) is 49.2 Å². The van der Waals surface area contributed by atoms with Crippen LogP contribution in [0.1, 0.15) is 139 Å². The van der Waals surface area contributed by atoms with Crippen LogP contribution in [0.4, 0.5) is 0 Å². The standard InChI is InChI=1S/C57H89NO16/c1-12-41-22-23-42-30-46(69-9)35(3)19-15-13-14-18-34(2)26-38(6)49(62)51(71-11)50(63)39(7)27-36(4)44(61)31-47(72-54(66)43-20-16-17-25-58(43)53(65)52(64)57(41,68)74-42)37(5)28-40-21-24-45(48(29-40)70-10)73-55(67)56(8,32-59)33-60/h13-15,18-19,27,34,36-38,40-43,45-48,50-51,59-60,63,68H,12,16-17,20-26,28-33H2,1-11H3/b15-13?,18-14-,35-19?,39-27-/t34-,36-,37-,38-,40+,41-,42+,43+,45-,46+,47+,48-,50-,51+,57-/m1/s1. The van der Waals surface area contributed by atoms with Crippen LogP contribution < -0.4 is 0 Å². The number of cyclic esters (lactones) is 1. The van der Waals surface area contributed by atoms with Gasteiger partial charge in [0, 0.05) is 58.5 Å². The monoisotopic (exact) mass is 1040 g/mol. The molecule has 2 bridgehead atoms. The molecule has 3 aliphatic heterocycles. The average Bonchev–Trinajstić information content (AvgIpc) is 3.38. The number of ether oxygens (including phenoxy) is 6. The van der Waals surface area contributed by atoms with Crippen molar-refractivity contribution in [3.63, 3.8) is 0 Å². The van der Waals surface area contributed by atoms with E-state index in [1.54, 1.807) is 34.0 Å². The number of methoxy groups -OCH3 is 3. The van der Waals surface area contributed by atoms with Crippen molar-refractivity contribution in [2.45, 2.75) is 193 Å². The number of Topliss-reactive ketones (excluding diaryl/α,β-unsaturated/α-hetero) is 3. The molecule has 1 aliphatic carbocycles. The number of aliphatic hydroxyl groups excluding tert-OH is 3. The number of amides is 1. The Bertz CT molecular complexity index is 2030. The molecular formula is C57H89NO16. The summed E-state index contributed by atoms with van der Waals surface area (Å²) in [5, 5.41) is 43.3. The number of aliphatic hydroxyl groups is 4. The van der Waals surface area contributed by atoms with Crippen LogP contribution >= 0.6 is 0 Å². The third-order valence-corrected chi connectivity index (χ3v) is 16.2. The minimum atomic E-state index is -2.46. The van der Waals surface area contributed by atoms with Crippen molar-refractivity contribution in [2.75, 3.05) is 41.1 Å². The van der Waals surface area contributed by atoms with E-state index in [1.165, 1.54) is 26.0 Å². The zero-order valence-electron chi connectivity index (χ0n) is 46.0.